The molecule has 3 nitrogen and oxygen atoms in total. The predicted octanol–water partition coefficient (Wildman–Crippen LogP) is 4.48. The first kappa shape index (κ1) is 16.6. The molecule has 1 aliphatic carbocycles. The SMILES string of the molecule is CC1=C(CN2CCc3nc(C(C)C)ncc3C2)C(C)(C)CCC1. The molecule has 0 radical (unpaired) electrons. The summed E-state index contributed by atoms with van der Waals surface area (Å²) in [6.07, 6.45) is 7.08. The molecule has 3 rings (SSSR count). The fourth-order valence-electron chi connectivity index (χ4n) is 4.05. The van der Waals surface area contributed by atoms with E-state index in [0.717, 1.165) is 31.9 Å². The minimum atomic E-state index is 0.362. The monoisotopic (exact) mass is 313 g/mol. The molecule has 0 N–H and O–H groups in total. The molecule has 2 aliphatic rings. The normalized spacial score (nSPS) is 21.7. The summed E-state index contributed by atoms with van der Waals surface area (Å²) in [5.74, 6) is 1.40. The highest BCUT2D eigenvalue weighted by molar-refractivity contribution is 5.26. The quantitative estimate of drug-likeness (QED) is 0.770. The van der Waals surface area contributed by atoms with Gasteiger partial charge in [-0.15, -0.1) is 0 Å². The van der Waals surface area contributed by atoms with Crippen LogP contribution in [-0.2, 0) is 13.0 Å². The second kappa shape index (κ2) is 6.35. The van der Waals surface area contributed by atoms with Crippen LogP contribution in [-0.4, -0.2) is 28.0 Å². The lowest BCUT2D eigenvalue weighted by Gasteiger charge is -2.38. The van der Waals surface area contributed by atoms with Crippen molar-refractivity contribution in [3.8, 4) is 0 Å². The van der Waals surface area contributed by atoms with Crippen molar-refractivity contribution in [1.29, 1.82) is 0 Å². The van der Waals surface area contributed by atoms with E-state index in [0.29, 0.717) is 11.3 Å². The molecular formula is C20H31N3. The number of aromatic nitrogens is 2. The zero-order valence-corrected chi connectivity index (χ0v) is 15.4. The van der Waals surface area contributed by atoms with Gasteiger partial charge in [0.05, 0.1) is 0 Å². The summed E-state index contributed by atoms with van der Waals surface area (Å²) >= 11 is 0. The fourth-order valence-corrected chi connectivity index (χ4v) is 4.05. The molecule has 1 aromatic rings. The van der Waals surface area contributed by atoms with Crippen molar-refractivity contribution >= 4 is 0 Å². The summed E-state index contributed by atoms with van der Waals surface area (Å²) in [5.41, 5.74) is 6.26. The summed E-state index contributed by atoms with van der Waals surface area (Å²) in [4.78, 5) is 11.9. The largest absolute Gasteiger partial charge is 0.295 e. The summed E-state index contributed by atoms with van der Waals surface area (Å²) < 4.78 is 0. The molecular weight excluding hydrogens is 282 g/mol. The Morgan fingerprint density at radius 1 is 1.26 bits per heavy atom. The van der Waals surface area contributed by atoms with Gasteiger partial charge in [-0.1, -0.05) is 38.8 Å². The predicted molar refractivity (Wildman–Crippen MR) is 95.4 cm³/mol. The molecule has 3 heteroatoms. The first-order valence-electron chi connectivity index (χ1n) is 9.13. The molecule has 126 valence electrons. The van der Waals surface area contributed by atoms with E-state index < -0.39 is 0 Å². The molecule has 0 atom stereocenters. The third-order valence-corrected chi connectivity index (χ3v) is 5.62. The zero-order chi connectivity index (χ0) is 16.6. The van der Waals surface area contributed by atoms with Crippen molar-refractivity contribution in [1.82, 2.24) is 14.9 Å². The summed E-state index contributed by atoms with van der Waals surface area (Å²) in [5, 5.41) is 0. The third kappa shape index (κ3) is 3.50. The molecule has 0 unspecified atom stereocenters. The van der Waals surface area contributed by atoms with Gasteiger partial charge in [0.15, 0.2) is 0 Å². The van der Waals surface area contributed by atoms with Crippen molar-refractivity contribution < 1.29 is 0 Å². The average Bonchev–Trinajstić information content (AvgIpc) is 2.50. The number of allylic oxidation sites excluding steroid dienone is 1. The molecule has 0 fully saturated rings. The molecule has 2 heterocycles. The number of rotatable bonds is 3. The second-order valence-electron chi connectivity index (χ2n) is 8.31. The second-order valence-corrected chi connectivity index (χ2v) is 8.31. The number of nitrogens with zero attached hydrogens (tertiary/aromatic N) is 3. The number of hydrogen-bond acceptors (Lipinski definition) is 3. The van der Waals surface area contributed by atoms with Crippen LogP contribution in [0.5, 0.6) is 0 Å². The van der Waals surface area contributed by atoms with Crippen LogP contribution in [0, 0.1) is 5.41 Å². The van der Waals surface area contributed by atoms with Gasteiger partial charge in [-0.25, -0.2) is 9.97 Å². The Kier molecular flexibility index (Phi) is 4.59. The Morgan fingerprint density at radius 2 is 2.04 bits per heavy atom. The van der Waals surface area contributed by atoms with E-state index in [1.807, 2.05) is 0 Å². The van der Waals surface area contributed by atoms with Gasteiger partial charge < -0.3 is 0 Å². The van der Waals surface area contributed by atoms with Crippen LogP contribution in [0.1, 0.15) is 76.9 Å². The van der Waals surface area contributed by atoms with Gasteiger partial charge in [-0.05, 0) is 31.6 Å². The van der Waals surface area contributed by atoms with Crippen molar-refractivity contribution in [3.05, 3.63) is 34.4 Å². The van der Waals surface area contributed by atoms with E-state index in [1.54, 1.807) is 11.1 Å². The molecule has 1 aromatic heterocycles. The van der Waals surface area contributed by atoms with Crippen LogP contribution in [0.25, 0.3) is 0 Å². The molecule has 0 saturated carbocycles. The maximum atomic E-state index is 4.79. The Hall–Kier alpha value is -1.22. The van der Waals surface area contributed by atoms with Crippen LogP contribution in [0.15, 0.2) is 17.3 Å². The lowest BCUT2D eigenvalue weighted by Crippen LogP contribution is -2.37. The maximum absolute atomic E-state index is 4.79. The highest BCUT2D eigenvalue weighted by Crippen LogP contribution is 2.40. The Labute approximate surface area is 141 Å². The van der Waals surface area contributed by atoms with Gasteiger partial charge >= 0.3 is 0 Å². The van der Waals surface area contributed by atoms with Crippen molar-refractivity contribution in [2.24, 2.45) is 5.41 Å². The van der Waals surface area contributed by atoms with E-state index in [4.69, 9.17) is 4.98 Å². The zero-order valence-electron chi connectivity index (χ0n) is 15.4. The first-order chi connectivity index (χ1) is 10.9. The van der Waals surface area contributed by atoms with Crippen molar-refractivity contribution in [2.45, 2.75) is 72.8 Å². The number of hydrogen-bond donors (Lipinski definition) is 0. The smallest absolute Gasteiger partial charge is 0.131 e. The van der Waals surface area contributed by atoms with Gasteiger partial charge in [0.1, 0.15) is 5.82 Å². The molecule has 0 spiro atoms. The molecule has 1 aliphatic heterocycles. The first-order valence-corrected chi connectivity index (χ1v) is 9.13. The van der Waals surface area contributed by atoms with E-state index in [1.165, 1.54) is 30.5 Å². The molecule has 0 aromatic carbocycles. The van der Waals surface area contributed by atoms with E-state index in [9.17, 15) is 0 Å². The molecule has 0 bridgehead atoms. The van der Waals surface area contributed by atoms with Crippen LogP contribution >= 0.6 is 0 Å². The van der Waals surface area contributed by atoms with Gasteiger partial charge in [-0.2, -0.15) is 0 Å². The van der Waals surface area contributed by atoms with E-state index in [-0.39, 0.29) is 0 Å². The summed E-state index contributed by atoms with van der Waals surface area (Å²) in [7, 11) is 0. The highest BCUT2D eigenvalue weighted by Gasteiger charge is 2.30. The van der Waals surface area contributed by atoms with E-state index in [2.05, 4.69) is 50.7 Å². The van der Waals surface area contributed by atoms with Crippen LogP contribution in [0.2, 0.25) is 0 Å². The summed E-state index contributed by atoms with van der Waals surface area (Å²) in [6.45, 7) is 14.7. The molecule has 0 amide bonds. The van der Waals surface area contributed by atoms with Crippen molar-refractivity contribution in [2.75, 3.05) is 13.1 Å². The van der Waals surface area contributed by atoms with Gasteiger partial charge in [0.25, 0.3) is 0 Å². The average molecular weight is 313 g/mol. The van der Waals surface area contributed by atoms with Gasteiger partial charge in [0.2, 0.25) is 0 Å². The maximum Gasteiger partial charge on any atom is 0.131 e. The minimum Gasteiger partial charge on any atom is -0.295 e. The van der Waals surface area contributed by atoms with Gasteiger partial charge in [-0.3, -0.25) is 4.90 Å². The molecule has 0 saturated heterocycles. The van der Waals surface area contributed by atoms with Crippen LogP contribution in [0.4, 0.5) is 0 Å². The van der Waals surface area contributed by atoms with Crippen LogP contribution in [0.3, 0.4) is 0 Å². The minimum absolute atomic E-state index is 0.362. The fraction of sp³-hybridized carbons (Fsp3) is 0.700. The Bertz CT molecular complexity index is 613. The molecule has 23 heavy (non-hydrogen) atoms. The topological polar surface area (TPSA) is 29.0 Å². The lowest BCUT2D eigenvalue weighted by atomic mass is 9.72. The Balaban J connectivity index is 1.75. The van der Waals surface area contributed by atoms with E-state index >= 15 is 0 Å². The van der Waals surface area contributed by atoms with Crippen LogP contribution < -0.4 is 0 Å². The lowest BCUT2D eigenvalue weighted by molar-refractivity contribution is 0.239. The third-order valence-electron chi connectivity index (χ3n) is 5.62. The standard InChI is InChI=1S/C20H31N3/c1-14(2)19-21-11-16-12-23(10-8-18(16)22-19)13-17-15(3)7-6-9-20(17,4)5/h11,14H,6-10,12-13H2,1-5H3. The van der Waals surface area contributed by atoms with Crippen molar-refractivity contribution in [3.63, 3.8) is 0 Å². The number of fused-ring (bicyclic) bond motifs is 1. The summed E-state index contributed by atoms with van der Waals surface area (Å²) in [6, 6.07) is 0. The van der Waals surface area contributed by atoms with Gasteiger partial charge in [0, 0.05) is 49.4 Å². The Morgan fingerprint density at radius 3 is 2.74 bits per heavy atom. The highest BCUT2D eigenvalue weighted by atomic mass is 15.1.